The third kappa shape index (κ3) is 1.29. The molecule has 1 aromatic heterocycles. The fraction of sp³-hybridized carbons (Fsp3) is 0.727. The molecule has 17 heavy (non-hydrogen) atoms. The Morgan fingerprint density at radius 1 is 1.47 bits per heavy atom. The van der Waals surface area contributed by atoms with Gasteiger partial charge in [0.05, 0.1) is 0 Å². The molecule has 2 aliphatic rings. The molecule has 6 heteroatoms. The van der Waals surface area contributed by atoms with Gasteiger partial charge in [-0.3, -0.25) is 4.68 Å². The molecule has 0 aromatic carbocycles. The van der Waals surface area contributed by atoms with Crippen molar-refractivity contribution in [3.8, 4) is 0 Å². The zero-order chi connectivity index (χ0) is 12.4. The Morgan fingerprint density at radius 2 is 2.18 bits per heavy atom. The van der Waals surface area contributed by atoms with E-state index in [-0.39, 0.29) is 17.8 Å². The molecule has 0 bridgehead atoms. The maximum atomic E-state index is 13.9. The number of alkyl halides is 4. The number of halogens is 4. The van der Waals surface area contributed by atoms with E-state index in [1.54, 1.807) is 0 Å². The first-order valence-electron chi connectivity index (χ1n) is 5.75. The van der Waals surface area contributed by atoms with Gasteiger partial charge in [0, 0.05) is 18.0 Å². The number of rotatable bonds is 3. The summed E-state index contributed by atoms with van der Waals surface area (Å²) in [5.41, 5.74) is -0.558. The van der Waals surface area contributed by atoms with Crippen LogP contribution >= 0.6 is 0 Å². The lowest BCUT2D eigenvalue weighted by atomic mass is 10.1. The van der Waals surface area contributed by atoms with Crippen LogP contribution in [0.5, 0.6) is 0 Å². The summed E-state index contributed by atoms with van der Waals surface area (Å²) in [6.45, 7) is 2.08. The SMILES string of the molecule is CCCn1nc(C(F)F)c2c1C(F)(F)C1CC21. The smallest absolute Gasteiger partial charge is 0.263 e. The number of aryl methyl sites for hydroxylation is 1. The van der Waals surface area contributed by atoms with Crippen LogP contribution in [-0.4, -0.2) is 9.78 Å². The lowest BCUT2D eigenvalue weighted by Gasteiger charge is -2.14. The van der Waals surface area contributed by atoms with Gasteiger partial charge >= 0.3 is 0 Å². The molecule has 1 aromatic rings. The Morgan fingerprint density at radius 3 is 2.76 bits per heavy atom. The van der Waals surface area contributed by atoms with Crippen molar-refractivity contribution in [3.63, 3.8) is 0 Å². The molecule has 0 spiro atoms. The van der Waals surface area contributed by atoms with E-state index < -0.39 is 29.9 Å². The molecule has 0 N–H and O–H groups in total. The quantitative estimate of drug-likeness (QED) is 0.749. The molecule has 1 heterocycles. The first-order chi connectivity index (χ1) is 7.98. The summed E-state index contributed by atoms with van der Waals surface area (Å²) in [6, 6.07) is 0. The number of aromatic nitrogens is 2. The van der Waals surface area contributed by atoms with E-state index in [1.165, 1.54) is 0 Å². The monoisotopic (exact) mass is 248 g/mol. The largest absolute Gasteiger partial charge is 0.293 e. The highest BCUT2D eigenvalue weighted by Crippen LogP contribution is 2.68. The molecule has 94 valence electrons. The van der Waals surface area contributed by atoms with E-state index in [1.807, 2.05) is 6.92 Å². The normalized spacial score (nSPS) is 28.4. The Hall–Kier alpha value is -1.07. The first kappa shape index (κ1) is 11.0. The third-order valence-electron chi connectivity index (χ3n) is 3.60. The lowest BCUT2D eigenvalue weighted by Crippen LogP contribution is -2.20. The highest BCUT2D eigenvalue weighted by atomic mass is 19.3. The predicted octanol–water partition coefficient (Wildman–Crippen LogP) is 3.44. The topological polar surface area (TPSA) is 17.8 Å². The van der Waals surface area contributed by atoms with E-state index in [2.05, 4.69) is 5.10 Å². The van der Waals surface area contributed by atoms with Gasteiger partial charge in [-0.2, -0.15) is 13.9 Å². The summed E-state index contributed by atoms with van der Waals surface area (Å²) >= 11 is 0. The van der Waals surface area contributed by atoms with Crippen molar-refractivity contribution in [1.82, 2.24) is 9.78 Å². The minimum absolute atomic E-state index is 0.128. The third-order valence-corrected chi connectivity index (χ3v) is 3.60. The summed E-state index contributed by atoms with van der Waals surface area (Å²) in [6.07, 6.45) is -1.85. The van der Waals surface area contributed by atoms with Crippen LogP contribution in [0, 0.1) is 5.92 Å². The van der Waals surface area contributed by atoms with Crippen molar-refractivity contribution < 1.29 is 17.6 Å². The maximum Gasteiger partial charge on any atom is 0.293 e. The maximum absolute atomic E-state index is 13.9. The second-order valence-electron chi connectivity index (χ2n) is 4.74. The fourth-order valence-corrected chi connectivity index (χ4v) is 2.84. The Labute approximate surface area is 95.6 Å². The molecule has 0 radical (unpaired) electrons. The summed E-state index contributed by atoms with van der Waals surface area (Å²) in [7, 11) is 0. The highest BCUT2D eigenvalue weighted by Gasteiger charge is 2.67. The molecule has 1 fully saturated rings. The van der Waals surface area contributed by atoms with E-state index >= 15 is 0 Å². The average Bonchev–Trinajstić information content (AvgIpc) is 2.89. The van der Waals surface area contributed by atoms with Crippen LogP contribution < -0.4 is 0 Å². The number of fused-ring (bicyclic) bond motifs is 3. The van der Waals surface area contributed by atoms with E-state index in [4.69, 9.17) is 0 Å². The van der Waals surface area contributed by atoms with Crippen molar-refractivity contribution in [2.75, 3.05) is 0 Å². The van der Waals surface area contributed by atoms with Crippen molar-refractivity contribution >= 4 is 0 Å². The molecule has 1 saturated carbocycles. The minimum atomic E-state index is -2.98. The average molecular weight is 248 g/mol. The highest BCUT2D eigenvalue weighted by molar-refractivity contribution is 5.46. The molecule has 0 saturated heterocycles. The molecule has 2 unspecified atom stereocenters. The molecule has 2 nitrogen and oxygen atoms in total. The van der Waals surface area contributed by atoms with Gasteiger partial charge in [-0.25, -0.2) is 8.78 Å². The number of nitrogens with zero attached hydrogens (tertiary/aromatic N) is 2. The Kier molecular flexibility index (Phi) is 2.10. The van der Waals surface area contributed by atoms with Crippen LogP contribution in [0.25, 0.3) is 0 Å². The Balaban J connectivity index is 2.16. The molecular weight excluding hydrogens is 236 g/mol. The van der Waals surface area contributed by atoms with Gasteiger partial charge in [-0.05, 0) is 18.8 Å². The lowest BCUT2D eigenvalue weighted by molar-refractivity contribution is -0.0311. The summed E-state index contributed by atoms with van der Waals surface area (Å²) in [5.74, 6) is -4.14. The van der Waals surface area contributed by atoms with E-state index in [0.717, 1.165) is 4.68 Å². The van der Waals surface area contributed by atoms with Gasteiger partial charge < -0.3 is 0 Å². The Bertz CT molecular complexity index is 466. The molecule has 3 rings (SSSR count). The minimum Gasteiger partial charge on any atom is -0.263 e. The van der Waals surface area contributed by atoms with Gasteiger partial charge in [-0.15, -0.1) is 0 Å². The van der Waals surface area contributed by atoms with Gasteiger partial charge in [0.25, 0.3) is 12.3 Å². The zero-order valence-corrected chi connectivity index (χ0v) is 9.26. The van der Waals surface area contributed by atoms with Crippen molar-refractivity contribution in [2.45, 2.75) is 44.6 Å². The number of hydrogen-bond donors (Lipinski definition) is 0. The summed E-state index contributed by atoms with van der Waals surface area (Å²) < 4.78 is 54.5. The molecular formula is C11H12F4N2. The van der Waals surface area contributed by atoms with Gasteiger partial charge in [0.2, 0.25) is 0 Å². The molecule has 2 atom stereocenters. The molecule has 0 amide bonds. The standard InChI is InChI=1S/C11H12F4N2/c1-2-3-17-9-7(8(16-17)10(12)13)5-4-6(5)11(9,14)15/h5-6,10H,2-4H2,1H3. The van der Waals surface area contributed by atoms with Gasteiger partial charge in [-0.1, -0.05) is 6.92 Å². The second kappa shape index (κ2) is 3.23. The van der Waals surface area contributed by atoms with Crippen LogP contribution in [0.2, 0.25) is 0 Å². The van der Waals surface area contributed by atoms with Crippen LogP contribution in [0.4, 0.5) is 17.6 Å². The first-order valence-corrected chi connectivity index (χ1v) is 5.75. The van der Waals surface area contributed by atoms with Gasteiger partial charge in [0.15, 0.2) is 0 Å². The zero-order valence-electron chi connectivity index (χ0n) is 9.26. The van der Waals surface area contributed by atoms with E-state index in [0.29, 0.717) is 12.8 Å². The fourth-order valence-electron chi connectivity index (χ4n) is 2.84. The van der Waals surface area contributed by atoms with Crippen molar-refractivity contribution in [3.05, 3.63) is 17.0 Å². The van der Waals surface area contributed by atoms with E-state index in [9.17, 15) is 17.6 Å². The van der Waals surface area contributed by atoms with Crippen molar-refractivity contribution in [1.29, 1.82) is 0 Å². The van der Waals surface area contributed by atoms with Crippen LogP contribution in [0.15, 0.2) is 0 Å². The van der Waals surface area contributed by atoms with Crippen LogP contribution in [0.1, 0.15) is 49.1 Å². The summed E-state index contributed by atoms with van der Waals surface area (Å²) in [5, 5.41) is 3.68. The van der Waals surface area contributed by atoms with Gasteiger partial charge in [0.1, 0.15) is 11.4 Å². The van der Waals surface area contributed by atoms with Crippen LogP contribution in [-0.2, 0) is 12.5 Å². The van der Waals surface area contributed by atoms with Crippen molar-refractivity contribution in [2.24, 2.45) is 5.92 Å². The molecule has 2 aliphatic carbocycles. The second-order valence-corrected chi connectivity index (χ2v) is 4.74. The number of hydrogen-bond acceptors (Lipinski definition) is 1. The van der Waals surface area contributed by atoms with Crippen LogP contribution in [0.3, 0.4) is 0 Å². The molecule has 0 aliphatic heterocycles. The predicted molar refractivity (Wildman–Crippen MR) is 52.2 cm³/mol. The summed E-state index contributed by atoms with van der Waals surface area (Å²) in [4.78, 5) is 0.